The van der Waals surface area contributed by atoms with Gasteiger partial charge in [0.1, 0.15) is 5.58 Å². The smallest absolute Gasteiger partial charge is 0.133 e. The molecule has 1 aromatic heterocycles. The topological polar surface area (TPSA) is 33.4 Å². The SMILES string of the molecule is CC(C)(O)c1ccc2occc2c1. The van der Waals surface area contributed by atoms with Crippen molar-refractivity contribution in [3.05, 3.63) is 36.1 Å². The molecule has 2 rings (SSSR count). The van der Waals surface area contributed by atoms with Crippen LogP contribution in [-0.4, -0.2) is 5.11 Å². The molecule has 0 aliphatic heterocycles. The van der Waals surface area contributed by atoms with Crippen LogP contribution >= 0.6 is 0 Å². The Morgan fingerprint density at radius 3 is 2.69 bits per heavy atom. The van der Waals surface area contributed by atoms with E-state index in [9.17, 15) is 5.11 Å². The molecule has 68 valence electrons. The van der Waals surface area contributed by atoms with Crippen molar-refractivity contribution in [1.82, 2.24) is 0 Å². The fourth-order valence-corrected chi connectivity index (χ4v) is 1.35. The maximum Gasteiger partial charge on any atom is 0.133 e. The van der Waals surface area contributed by atoms with E-state index in [4.69, 9.17) is 4.42 Å². The van der Waals surface area contributed by atoms with E-state index in [2.05, 4.69) is 0 Å². The predicted molar refractivity (Wildman–Crippen MR) is 51.5 cm³/mol. The second-order valence-corrected chi connectivity index (χ2v) is 3.73. The zero-order valence-corrected chi connectivity index (χ0v) is 7.74. The largest absolute Gasteiger partial charge is 0.464 e. The second-order valence-electron chi connectivity index (χ2n) is 3.73. The molecule has 0 bridgehead atoms. The normalized spacial score (nSPS) is 12.2. The van der Waals surface area contributed by atoms with E-state index in [1.807, 2.05) is 24.3 Å². The van der Waals surface area contributed by atoms with Gasteiger partial charge >= 0.3 is 0 Å². The Balaban J connectivity index is 2.61. The van der Waals surface area contributed by atoms with Crippen LogP contribution < -0.4 is 0 Å². The molecule has 0 saturated carbocycles. The second kappa shape index (κ2) is 2.60. The minimum atomic E-state index is -0.786. The van der Waals surface area contributed by atoms with Gasteiger partial charge < -0.3 is 9.52 Å². The van der Waals surface area contributed by atoms with Gasteiger partial charge in [0.25, 0.3) is 0 Å². The molecule has 0 spiro atoms. The summed E-state index contributed by atoms with van der Waals surface area (Å²) in [7, 11) is 0. The summed E-state index contributed by atoms with van der Waals surface area (Å²) >= 11 is 0. The average Bonchev–Trinajstić information content (AvgIpc) is 2.47. The van der Waals surface area contributed by atoms with E-state index in [-0.39, 0.29) is 0 Å². The lowest BCUT2D eigenvalue weighted by Gasteiger charge is -2.17. The van der Waals surface area contributed by atoms with Gasteiger partial charge in [0.2, 0.25) is 0 Å². The van der Waals surface area contributed by atoms with Gasteiger partial charge in [-0.2, -0.15) is 0 Å². The zero-order chi connectivity index (χ0) is 9.47. The third kappa shape index (κ3) is 1.45. The van der Waals surface area contributed by atoms with Crippen LogP contribution in [0.3, 0.4) is 0 Å². The Labute approximate surface area is 76.8 Å². The molecule has 0 amide bonds. The molecule has 0 aliphatic carbocycles. The molecule has 0 aliphatic rings. The van der Waals surface area contributed by atoms with Crippen LogP contribution in [-0.2, 0) is 5.60 Å². The molecule has 0 atom stereocenters. The first kappa shape index (κ1) is 8.32. The number of fused-ring (bicyclic) bond motifs is 1. The first-order valence-electron chi connectivity index (χ1n) is 4.27. The molecule has 1 heterocycles. The molecule has 0 radical (unpaired) electrons. The summed E-state index contributed by atoms with van der Waals surface area (Å²) in [5.41, 5.74) is 0.972. The highest BCUT2D eigenvalue weighted by atomic mass is 16.3. The zero-order valence-electron chi connectivity index (χ0n) is 7.74. The highest BCUT2D eigenvalue weighted by Crippen LogP contribution is 2.24. The molecule has 0 unspecified atom stereocenters. The van der Waals surface area contributed by atoms with Crippen LogP contribution in [0.4, 0.5) is 0 Å². The Morgan fingerprint density at radius 2 is 2.00 bits per heavy atom. The van der Waals surface area contributed by atoms with Gasteiger partial charge in [-0.05, 0) is 37.6 Å². The van der Waals surface area contributed by atoms with Crippen molar-refractivity contribution >= 4 is 11.0 Å². The van der Waals surface area contributed by atoms with Gasteiger partial charge in [0.15, 0.2) is 0 Å². The number of aliphatic hydroxyl groups is 1. The van der Waals surface area contributed by atoms with E-state index in [0.29, 0.717) is 0 Å². The minimum Gasteiger partial charge on any atom is -0.464 e. The average molecular weight is 176 g/mol. The highest BCUT2D eigenvalue weighted by Gasteiger charge is 2.16. The lowest BCUT2D eigenvalue weighted by molar-refractivity contribution is 0.0787. The van der Waals surface area contributed by atoms with Crippen LogP contribution in [0.2, 0.25) is 0 Å². The van der Waals surface area contributed by atoms with E-state index < -0.39 is 5.60 Å². The summed E-state index contributed by atoms with van der Waals surface area (Å²) in [6.45, 7) is 3.54. The summed E-state index contributed by atoms with van der Waals surface area (Å²) in [5.74, 6) is 0. The molecule has 1 N–H and O–H groups in total. The van der Waals surface area contributed by atoms with Crippen LogP contribution in [0, 0.1) is 0 Å². The summed E-state index contributed by atoms with van der Waals surface area (Å²) in [4.78, 5) is 0. The monoisotopic (exact) mass is 176 g/mol. The summed E-state index contributed by atoms with van der Waals surface area (Å²) < 4.78 is 5.20. The number of rotatable bonds is 1. The lowest BCUT2D eigenvalue weighted by Crippen LogP contribution is -2.14. The van der Waals surface area contributed by atoms with Gasteiger partial charge in [-0.25, -0.2) is 0 Å². The predicted octanol–water partition coefficient (Wildman–Crippen LogP) is 2.66. The van der Waals surface area contributed by atoms with Gasteiger partial charge in [-0.15, -0.1) is 0 Å². The van der Waals surface area contributed by atoms with Gasteiger partial charge in [-0.3, -0.25) is 0 Å². The standard InChI is InChI=1S/C11H12O2/c1-11(2,12)9-3-4-10-8(7-9)5-6-13-10/h3-7,12H,1-2H3. The van der Waals surface area contributed by atoms with Crippen LogP contribution in [0.1, 0.15) is 19.4 Å². The van der Waals surface area contributed by atoms with E-state index in [1.54, 1.807) is 20.1 Å². The van der Waals surface area contributed by atoms with Crippen molar-refractivity contribution in [3.8, 4) is 0 Å². The third-order valence-electron chi connectivity index (χ3n) is 2.16. The maximum absolute atomic E-state index is 9.76. The molecule has 0 saturated heterocycles. The molecule has 0 fully saturated rings. The van der Waals surface area contributed by atoms with Crippen LogP contribution in [0.15, 0.2) is 34.9 Å². The van der Waals surface area contributed by atoms with Crippen LogP contribution in [0.5, 0.6) is 0 Å². The number of furan rings is 1. The Kier molecular flexibility index (Phi) is 1.67. The number of hydrogen-bond acceptors (Lipinski definition) is 2. The van der Waals surface area contributed by atoms with Gasteiger partial charge in [0.05, 0.1) is 11.9 Å². The van der Waals surface area contributed by atoms with Crippen LogP contribution in [0.25, 0.3) is 11.0 Å². The Hall–Kier alpha value is -1.28. The third-order valence-corrected chi connectivity index (χ3v) is 2.16. The Bertz CT molecular complexity index is 421. The molecule has 1 aromatic carbocycles. The first-order chi connectivity index (χ1) is 6.07. The molecule has 13 heavy (non-hydrogen) atoms. The number of benzene rings is 1. The van der Waals surface area contributed by atoms with Crippen molar-refractivity contribution < 1.29 is 9.52 Å². The molecular weight excluding hydrogens is 164 g/mol. The molecule has 2 nitrogen and oxygen atoms in total. The fraction of sp³-hybridized carbons (Fsp3) is 0.273. The lowest BCUT2D eigenvalue weighted by atomic mass is 9.97. The van der Waals surface area contributed by atoms with Crippen molar-refractivity contribution in [2.24, 2.45) is 0 Å². The van der Waals surface area contributed by atoms with E-state index in [0.717, 1.165) is 16.5 Å². The fourth-order valence-electron chi connectivity index (χ4n) is 1.35. The molecule has 2 heteroatoms. The van der Waals surface area contributed by atoms with Crippen molar-refractivity contribution in [1.29, 1.82) is 0 Å². The summed E-state index contributed by atoms with van der Waals surface area (Å²) in [6, 6.07) is 7.60. The quantitative estimate of drug-likeness (QED) is 0.724. The summed E-state index contributed by atoms with van der Waals surface area (Å²) in [5, 5.41) is 10.8. The van der Waals surface area contributed by atoms with E-state index >= 15 is 0 Å². The first-order valence-corrected chi connectivity index (χ1v) is 4.27. The molecule has 2 aromatic rings. The molecular formula is C11H12O2. The summed E-state index contributed by atoms with van der Waals surface area (Å²) in [6.07, 6.45) is 1.65. The van der Waals surface area contributed by atoms with Gasteiger partial charge in [0, 0.05) is 5.39 Å². The van der Waals surface area contributed by atoms with Crippen molar-refractivity contribution in [3.63, 3.8) is 0 Å². The van der Waals surface area contributed by atoms with Crippen molar-refractivity contribution in [2.45, 2.75) is 19.4 Å². The minimum absolute atomic E-state index is 0.786. The van der Waals surface area contributed by atoms with Gasteiger partial charge in [-0.1, -0.05) is 6.07 Å². The van der Waals surface area contributed by atoms with E-state index in [1.165, 1.54) is 0 Å². The maximum atomic E-state index is 9.76. The Morgan fingerprint density at radius 1 is 1.23 bits per heavy atom. The highest BCUT2D eigenvalue weighted by molar-refractivity contribution is 5.77. The van der Waals surface area contributed by atoms with Crippen molar-refractivity contribution in [2.75, 3.05) is 0 Å². The number of hydrogen-bond donors (Lipinski definition) is 1.